The number of rotatable bonds is 2. The normalized spacial score (nSPS) is 12.9. The molecule has 1 aromatic rings. The fraction of sp³-hybridized carbons (Fsp3) is 0.333. The molecule has 3 heteroatoms. The second-order valence-corrected chi connectivity index (χ2v) is 3.02. The van der Waals surface area contributed by atoms with Gasteiger partial charge < -0.3 is 11.5 Å². The third kappa shape index (κ3) is 2.20. The number of nitrogen functional groups attached to an aromatic ring is 1. The smallest absolute Gasteiger partial charge is 0.123 e. The van der Waals surface area contributed by atoms with E-state index in [1.54, 1.807) is 6.07 Å². The van der Waals surface area contributed by atoms with Gasteiger partial charge in [-0.1, -0.05) is 0 Å². The molecule has 2 nitrogen and oxygen atoms in total. The fourth-order valence-corrected chi connectivity index (χ4v) is 1.10. The van der Waals surface area contributed by atoms with E-state index < -0.39 is 0 Å². The third-order valence-corrected chi connectivity index (χ3v) is 1.65. The molecule has 0 heterocycles. The Hall–Kier alpha value is -1.09. The molecule has 0 fully saturated rings. The van der Waals surface area contributed by atoms with Crippen LogP contribution >= 0.6 is 0 Å². The predicted molar refractivity (Wildman–Crippen MR) is 48.2 cm³/mol. The first kappa shape index (κ1) is 9.00. The van der Waals surface area contributed by atoms with E-state index in [9.17, 15) is 4.39 Å². The van der Waals surface area contributed by atoms with Crippen LogP contribution in [-0.2, 0) is 6.42 Å². The summed E-state index contributed by atoms with van der Waals surface area (Å²) in [5.41, 5.74) is 12.6. The lowest BCUT2D eigenvalue weighted by molar-refractivity contribution is 0.623. The molecule has 0 radical (unpaired) electrons. The van der Waals surface area contributed by atoms with E-state index in [-0.39, 0.29) is 11.9 Å². The molecule has 1 unspecified atom stereocenters. The lowest BCUT2D eigenvalue weighted by atomic mass is 10.1. The molecule has 0 aliphatic heterocycles. The summed E-state index contributed by atoms with van der Waals surface area (Å²) in [5, 5.41) is 0. The molecule has 0 spiro atoms. The Morgan fingerprint density at radius 3 is 2.75 bits per heavy atom. The van der Waals surface area contributed by atoms with Gasteiger partial charge in [-0.3, -0.25) is 0 Å². The van der Waals surface area contributed by atoms with Gasteiger partial charge in [0, 0.05) is 11.7 Å². The van der Waals surface area contributed by atoms with E-state index in [0.29, 0.717) is 12.1 Å². The van der Waals surface area contributed by atoms with Crippen LogP contribution in [0.5, 0.6) is 0 Å². The average Bonchev–Trinajstić information content (AvgIpc) is 1.96. The Balaban J connectivity index is 2.90. The molecule has 1 atom stereocenters. The summed E-state index contributed by atoms with van der Waals surface area (Å²) >= 11 is 0. The third-order valence-electron chi connectivity index (χ3n) is 1.65. The summed E-state index contributed by atoms with van der Waals surface area (Å²) in [6, 6.07) is 4.35. The molecule has 66 valence electrons. The van der Waals surface area contributed by atoms with Crippen molar-refractivity contribution in [2.45, 2.75) is 19.4 Å². The predicted octanol–water partition coefficient (Wildman–Crippen LogP) is 1.30. The minimum absolute atomic E-state index is 0.00843. The van der Waals surface area contributed by atoms with Crippen LogP contribution in [-0.4, -0.2) is 6.04 Å². The second kappa shape index (κ2) is 3.54. The fourth-order valence-electron chi connectivity index (χ4n) is 1.10. The zero-order chi connectivity index (χ0) is 9.14. The van der Waals surface area contributed by atoms with Crippen molar-refractivity contribution in [1.29, 1.82) is 0 Å². The Labute approximate surface area is 71.4 Å². The van der Waals surface area contributed by atoms with Gasteiger partial charge in [-0.25, -0.2) is 4.39 Å². The number of hydrogen-bond donors (Lipinski definition) is 2. The standard InChI is InChI=1S/C9H13FN2/c1-6(11)4-7-5-8(10)2-3-9(7)12/h2-3,5-6H,4,11-12H2,1H3. The van der Waals surface area contributed by atoms with Crippen LogP contribution in [0.3, 0.4) is 0 Å². The highest BCUT2D eigenvalue weighted by Gasteiger charge is 2.03. The van der Waals surface area contributed by atoms with Gasteiger partial charge in [0.25, 0.3) is 0 Å². The van der Waals surface area contributed by atoms with Crippen LogP contribution in [0.4, 0.5) is 10.1 Å². The van der Waals surface area contributed by atoms with Crippen molar-refractivity contribution in [2.75, 3.05) is 5.73 Å². The van der Waals surface area contributed by atoms with E-state index in [4.69, 9.17) is 11.5 Å². The maximum Gasteiger partial charge on any atom is 0.123 e. The Morgan fingerprint density at radius 2 is 2.17 bits per heavy atom. The van der Waals surface area contributed by atoms with Gasteiger partial charge in [0.1, 0.15) is 5.82 Å². The highest BCUT2D eigenvalue weighted by atomic mass is 19.1. The van der Waals surface area contributed by atoms with Crippen LogP contribution in [0.1, 0.15) is 12.5 Å². The largest absolute Gasteiger partial charge is 0.399 e. The van der Waals surface area contributed by atoms with E-state index in [0.717, 1.165) is 5.56 Å². The average molecular weight is 168 g/mol. The second-order valence-electron chi connectivity index (χ2n) is 3.02. The van der Waals surface area contributed by atoms with Gasteiger partial charge >= 0.3 is 0 Å². The molecule has 0 bridgehead atoms. The van der Waals surface area contributed by atoms with Gasteiger partial charge in [0.2, 0.25) is 0 Å². The molecule has 0 aromatic heterocycles. The van der Waals surface area contributed by atoms with Crippen molar-refractivity contribution in [3.05, 3.63) is 29.6 Å². The first-order chi connectivity index (χ1) is 5.59. The van der Waals surface area contributed by atoms with Gasteiger partial charge in [-0.15, -0.1) is 0 Å². The maximum atomic E-state index is 12.7. The number of halogens is 1. The van der Waals surface area contributed by atoms with Crippen molar-refractivity contribution in [3.8, 4) is 0 Å². The molecular weight excluding hydrogens is 155 g/mol. The molecule has 0 amide bonds. The summed E-state index contributed by atoms with van der Waals surface area (Å²) in [6.45, 7) is 1.87. The monoisotopic (exact) mass is 168 g/mol. The molecule has 1 rings (SSSR count). The van der Waals surface area contributed by atoms with E-state index in [1.165, 1.54) is 12.1 Å². The zero-order valence-electron chi connectivity index (χ0n) is 7.05. The Morgan fingerprint density at radius 1 is 1.50 bits per heavy atom. The number of hydrogen-bond acceptors (Lipinski definition) is 2. The Bertz CT molecular complexity index is 271. The number of anilines is 1. The molecule has 0 aliphatic rings. The van der Waals surface area contributed by atoms with Crippen LogP contribution in [0.15, 0.2) is 18.2 Å². The van der Waals surface area contributed by atoms with Crippen molar-refractivity contribution in [2.24, 2.45) is 5.73 Å². The molecule has 0 saturated heterocycles. The van der Waals surface area contributed by atoms with E-state index in [1.807, 2.05) is 6.92 Å². The van der Waals surface area contributed by atoms with Gasteiger partial charge in [0.15, 0.2) is 0 Å². The number of nitrogens with two attached hydrogens (primary N) is 2. The van der Waals surface area contributed by atoms with Crippen LogP contribution in [0, 0.1) is 5.82 Å². The summed E-state index contributed by atoms with van der Waals surface area (Å²) in [6.07, 6.45) is 0.615. The first-order valence-electron chi connectivity index (χ1n) is 3.89. The van der Waals surface area contributed by atoms with Gasteiger partial charge in [0.05, 0.1) is 0 Å². The van der Waals surface area contributed by atoms with Crippen molar-refractivity contribution >= 4 is 5.69 Å². The van der Waals surface area contributed by atoms with Gasteiger partial charge in [-0.2, -0.15) is 0 Å². The summed E-state index contributed by atoms with van der Waals surface area (Å²) in [5.74, 6) is -0.264. The SMILES string of the molecule is CC(N)Cc1cc(F)ccc1N. The van der Waals surface area contributed by atoms with Crippen molar-refractivity contribution in [3.63, 3.8) is 0 Å². The quantitative estimate of drug-likeness (QED) is 0.654. The summed E-state index contributed by atoms with van der Waals surface area (Å²) in [7, 11) is 0. The molecule has 0 aliphatic carbocycles. The van der Waals surface area contributed by atoms with Crippen LogP contribution in [0.2, 0.25) is 0 Å². The van der Waals surface area contributed by atoms with E-state index in [2.05, 4.69) is 0 Å². The Kier molecular flexibility index (Phi) is 2.65. The lowest BCUT2D eigenvalue weighted by Crippen LogP contribution is -2.18. The molecular formula is C9H13FN2. The highest BCUT2D eigenvalue weighted by molar-refractivity contribution is 5.47. The maximum absolute atomic E-state index is 12.7. The molecule has 12 heavy (non-hydrogen) atoms. The highest BCUT2D eigenvalue weighted by Crippen LogP contribution is 2.14. The number of benzene rings is 1. The minimum Gasteiger partial charge on any atom is -0.399 e. The molecule has 0 saturated carbocycles. The van der Waals surface area contributed by atoms with Crippen LogP contribution in [0.25, 0.3) is 0 Å². The van der Waals surface area contributed by atoms with E-state index >= 15 is 0 Å². The van der Waals surface area contributed by atoms with Crippen molar-refractivity contribution in [1.82, 2.24) is 0 Å². The zero-order valence-corrected chi connectivity index (χ0v) is 7.05. The topological polar surface area (TPSA) is 52.0 Å². The molecule has 4 N–H and O–H groups in total. The first-order valence-corrected chi connectivity index (χ1v) is 3.89. The lowest BCUT2D eigenvalue weighted by Gasteiger charge is -2.07. The van der Waals surface area contributed by atoms with Gasteiger partial charge in [-0.05, 0) is 37.1 Å². The summed E-state index contributed by atoms with van der Waals surface area (Å²) in [4.78, 5) is 0. The summed E-state index contributed by atoms with van der Waals surface area (Å²) < 4.78 is 12.7. The van der Waals surface area contributed by atoms with Crippen molar-refractivity contribution < 1.29 is 4.39 Å². The minimum atomic E-state index is -0.264. The van der Waals surface area contributed by atoms with Crippen LogP contribution < -0.4 is 11.5 Å². The molecule has 1 aromatic carbocycles.